The zero-order valence-electron chi connectivity index (χ0n) is 14.4. The third kappa shape index (κ3) is 4.87. The van der Waals surface area contributed by atoms with Crippen molar-refractivity contribution < 1.29 is 14.3 Å². The SMILES string of the molecule is COc1cccc(OCCCNC(=O)CC2CC3CCC(C2)N3)c1. The molecule has 24 heavy (non-hydrogen) atoms. The van der Waals surface area contributed by atoms with Crippen LogP contribution in [-0.2, 0) is 4.79 Å². The number of hydrogen-bond donors (Lipinski definition) is 2. The molecular formula is C19H28N2O3. The van der Waals surface area contributed by atoms with E-state index < -0.39 is 0 Å². The minimum Gasteiger partial charge on any atom is -0.497 e. The Kier molecular flexibility index (Phi) is 5.96. The number of carbonyl (C=O) groups excluding carboxylic acids is 1. The first-order valence-corrected chi connectivity index (χ1v) is 9.02. The van der Waals surface area contributed by atoms with Crippen molar-refractivity contribution in [3.8, 4) is 11.5 Å². The lowest BCUT2D eigenvalue weighted by molar-refractivity contribution is -0.122. The van der Waals surface area contributed by atoms with Crippen molar-refractivity contribution in [3.63, 3.8) is 0 Å². The van der Waals surface area contributed by atoms with Gasteiger partial charge in [-0.05, 0) is 50.2 Å². The molecule has 132 valence electrons. The molecule has 0 radical (unpaired) electrons. The summed E-state index contributed by atoms with van der Waals surface area (Å²) in [5.74, 6) is 2.32. The van der Waals surface area contributed by atoms with E-state index in [0.717, 1.165) is 30.8 Å². The van der Waals surface area contributed by atoms with Gasteiger partial charge in [-0.1, -0.05) is 6.07 Å². The first-order chi connectivity index (χ1) is 11.7. The van der Waals surface area contributed by atoms with Crippen LogP contribution in [0.15, 0.2) is 24.3 Å². The lowest BCUT2D eigenvalue weighted by Crippen LogP contribution is -2.39. The maximum absolute atomic E-state index is 12.1. The number of carbonyl (C=O) groups is 1. The number of methoxy groups -OCH3 is 1. The second-order valence-electron chi connectivity index (χ2n) is 6.91. The van der Waals surface area contributed by atoms with Gasteiger partial charge in [-0.2, -0.15) is 0 Å². The van der Waals surface area contributed by atoms with Gasteiger partial charge in [0.05, 0.1) is 13.7 Å². The van der Waals surface area contributed by atoms with E-state index in [1.165, 1.54) is 12.8 Å². The van der Waals surface area contributed by atoms with Gasteiger partial charge in [0.2, 0.25) is 5.91 Å². The molecule has 2 N–H and O–H groups in total. The Morgan fingerprint density at radius 1 is 1.25 bits per heavy atom. The molecule has 0 aromatic heterocycles. The van der Waals surface area contributed by atoms with Crippen LogP contribution in [0.25, 0.3) is 0 Å². The normalized spacial score (nSPS) is 25.3. The Morgan fingerprint density at radius 2 is 2.00 bits per heavy atom. The highest BCUT2D eigenvalue weighted by atomic mass is 16.5. The lowest BCUT2D eigenvalue weighted by atomic mass is 9.89. The number of piperidine rings is 1. The van der Waals surface area contributed by atoms with Crippen molar-refractivity contribution in [2.75, 3.05) is 20.3 Å². The van der Waals surface area contributed by atoms with Crippen LogP contribution in [0.5, 0.6) is 11.5 Å². The zero-order chi connectivity index (χ0) is 16.8. The summed E-state index contributed by atoms with van der Waals surface area (Å²) in [5, 5.41) is 6.64. The largest absolute Gasteiger partial charge is 0.497 e. The molecule has 0 spiro atoms. The standard InChI is InChI=1S/C19H28N2O3/c1-23-17-4-2-5-18(13-17)24-9-3-8-20-19(22)12-14-10-15-6-7-16(11-14)21-15/h2,4-5,13-16,21H,3,6-12H2,1H3,(H,20,22). The van der Waals surface area contributed by atoms with E-state index in [4.69, 9.17) is 9.47 Å². The predicted octanol–water partition coefficient (Wildman–Crippen LogP) is 2.50. The van der Waals surface area contributed by atoms with Gasteiger partial charge in [0, 0.05) is 31.1 Å². The van der Waals surface area contributed by atoms with Gasteiger partial charge in [0.15, 0.2) is 0 Å². The molecule has 2 unspecified atom stereocenters. The summed E-state index contributed by atoms with van der Waals surface area (Å²) < 4.78 is 10.8. The summed E-state index contributed by atoms with van der Waals surface area (Å²) in [6, 6.07) is 8.87. The third-order valence-corrected chi connectivity index (χ3v) is 5.00. The minimum atomic E-state index is 0.183. The topological polar surface area (TPSA) is 59.6 Å². The number of hydrogen-bond acceptors (Lipinski definition) is 4. The Hall–Kier alpha value is -1.75. The zero-order valence-corrected chi connectivity index (χ0v) is 14.4. The van der Waals surface area contributed by atoms with Gasteiger partial charge in [-0.3, -0.25) is 4.79 Å². The number of nitrogens with one attached hydrogen (secondary N) is 2. The fourth-order valence-electron chi connectivity index (χ4n) is 3.86. The molecule has 2 aliphatic heterocycles. The first kappa shape index (κ1) is 17.1. The van der Waals surface area contributed by atoms with E-state index >= 15 is 0 Å². The van der Waals surface area contributed by atoms with Crippen molar-refractivity contribution in [2.24, 2.45) is 5.92 Å². The van der Waals surface area contributed by atoms with Crippen LogP contribution in [0.3, 0.4) is 0 Å². The van der Waals surface area contributed by atoms with E-state index in [0.29, 0.717) is 37.6 Å². The highest BCUT2D eigenvalue weighted by Gasteiger charge is 2.33. The van der Waals surface area contributed by atoms with Crippen LogP contribution in [0.1, 0.15) is 38.5 Å². The van der Waals surface area contributed by atoms with Crippen LogP contribution < -0.4 is 20.1 Å². The molecule has 2 atom stereocenters. The van der Waals surface area contributed by atoms with Crippen LogP contribution in [-0.4, -0.2) is 38.3 Å². The van der Waals surface area contributed by atoms with E-state index in [2.05, 4.69) is 10.6 Å². The number of amides is 1. The first-order valence-electron chi connectivity index (χ1n) is 9.02. The molecule has 5 heteroatoms. The Labute approximate surface area is 144 Å². The van der Waals surface area contributed by atoms with Crippen LogP contribution >= 0.6 is 0 Å². The average molecular weight is 332 g/mol. The molecule has 2 saturated heterocycles. The summed E-state index contributed by atoms with van der Waals surface area (Å²) in [4.78, 5) is 12.1. The summed E-state index contributed by atoms with van der Waals surface area (Å²) in [7, 11) is 1.64. The van der Waals surface area contributed by atoms with Crippen molar-refractivity contribution in [3.05, 3.63) is 24.3 Å². The quantitative estimate of drug-likeness (QED) is 0.718. The third-order valence-electron chi connectivity index (χ3n) is 5.00. The van der Waals surface area contributed by atoms with Gasteiger partial charge >= 0.3 is 0 Å². The molecular weight excluding hydrogens is 304 g/mol. The number of ether oxygens (including phenoxy) is 2. The molecule has 0 aliphatic carbocycles. The maximum Gasteiger partial charge on any atom is 0.220 e. The number of benzene rings is 1. The summed E-state index contributed by atoms with van der Waals surface area (Å²) in [6.07, 6.45) is 6.35. The van der Waals surface area contributed by atoms with Gasteiger partial charge < -0.3 is 20.1 Å². The molecule has 3 rings (SSSR count). The van der Waals surface area contributed by atoms with Crippen molar-refractivity contribution in [1.82, 2.24) is 10.6 Å². The van der Waals surface area contributed by atoms with Crippen LogP contribution in [0.4, 0.5) is 0 Å². The minimum absolute atomic E-state index is 0.183. The fourth-order valence-corrected chi connectivity index (χ4v) is 3.86. The molecule has 1 aromatic carbocycles. The van der Waals surface area contributed by atoms with E-state index in [-0.39, 0.29) is 5.91 Å². The van der Waals surface area contributed by atoms with E-state index in [1.54, 1.807) is 7.11 Å². The second kappa shape index (κ2) is 8.38. The molecule has 1 aromatic rings. The van der Waals surface area contributed by atoms with Crippen LogP contribution in [0, 0.1) is 5.92 Å². The van der Waals surface area contributed by atoms with Gasteiger partial charge in [0.25, 0.3) is 0 Å². The molecule has 2 bridgehead atoms. The summed E-state index contributed by atoms with van der Waals surface area (Å²) in [6.45, 7) is 1.26. The van der Waals surface area contributed by atoms with Crippen molar-refractivity contribution in [1.29, 1.82) is 0 Å². The summed E-state index contributed by atoms with van der Waals surface area (Å²) >= 11 is 0. The Morgan fingerprint density at radius 3 is 2.75 bits per heavy atom. The highest BCUT2D eigenvalue weighted by molar-refractivity contribution is 5.76. The van der Waals surface area contributed by atoms with Gasteiger partial charge in [0.1, 0.15) is 11.5 Å². The Bertz CT molecular complexity index is 537. The predicted molar refractivity (Wildman–Crippen MR) is 93.4 cm³/mol. The smallest absolute Gasteiger partial charge is 0.220 e. The fraction of sp³-hybridized carbons (Fsp3) is 0.632. The van der Waals surface area contributed by atoms with Crippen LogP contribution in [0.2, 0.25) is 0 Å². The molecule has 0 saturated carbocycles. The molecule has 2 aliphatic rings. The monoisotopic (exact) mass is 332 g/mol. The summed E-state index contributed by atoms with van der Waals surface area (Å²) in [5.41, 5.74) is 0. The second-order valence-corrected chi connectivity index (χ2v) is 6.91. The lowest BCUT2D eigenvalue weighted by Gasteiger charge is -2.28. The number of fused-ring (bicyclic) bond motifs is 2. The van der Waals surface area contributed by atoms with Gasteiger partial charge in [-0.25, -0.2) is 0 Å². The molecule has 2 heterocycles. The average Bonchev–Trinajstić information content (AvgIpc) is 2.93. The van der Waals surface area contributed by atoms with E-state index in [9.17, 15) is 4.79 Å². The highest BCUT2D eigenvalue weighted by Crippen LogP contribution is 2.32. The van der Waals surface area contributed by atoms with Crippen molar-refractivity contribution in [2.45, 2.75) is 50.6 Å². The molecule has 5 nitrogen and oxygen atoms in total. The molecule has 1 amide bonds. The molecule has 2 fully saturated rings. The Balaban J connectivity index is 1.28. The number of rotatable bonds is 8. The van der Waals surface area contributed by atoms with E-state index in [1.807, 2.05) is 24.3 Å². The van der Waals surface area contributed by atoms with Gasteiger partial charge in [-0.15, -0.1) is 0 Å². The van der Waals surface area contributed by atoms with Crippen molar-refractivity contribution >= 4 is 5.91 Å². The maximum atomic E-state index is 12.1.